The number of amides is 1. The molecule has 2 N–H and O–H groups in total. The zero-order chi connectivity index (χ0) is 18.4. The molecule has 0 bridgehead atoms. The Morgan fingerprint density at radius 2 is 1.73 bits per heavy atom. The number of nitrogens with zero attached hydrogens (tertiary/aromatic N) is 2. The molecule has 2 aromatic carbocycles. The van der Waals surface area contributed by atoms with Crippen molar-refractivity contribution in [1.82, 2.24) is 9.97 Å². The van der Waals surface area contributed by atoms with Crippen molar-refractivity contribution in [2.75, 3.05) is 17.2 Å². The summed E-state index contributed by atoms with van der Waals surface area (Å²) in [7, 11) is 0. The Hall–Kier alpha value is -3.28. The molecule has 1 heterocycles. The Morgan fingerprint density at radius 3 is 2.42 bits per heavy atom. The summed E-state index contributed by atoms with van der Waals surface area (Å²) in [6.45, 7) is 2.48. The van der Waals surface area contributed by atoms with E-state index in [1.165, 1.54) is 18.5 Å². The molecular formula is C20H19FN4O. The van der Waals surface area contributed by atoms with Crippen molar-refractivity contribution in [3.05, 3.63) is 83.4 Å². The number of hydrogen-bond acceptors (Lipinski definition) is 4. The van der Waals surface area contributed by atoms with Crippen molar-refractivity contribution < 1.29 is 9.18 Å². The van der Waals surface area contributed by atoms with Crippen LogP contribution in [0.1, 0.15) is 21.5 Å². The molecule has 6 heteroatoms. The van der Waals surface area contributed by atoms with Crippen molar-refractivity contribution in [2.24, 2.45) is 0 Å². The lowest BCUT2D eigenvalue weighted by atomic mass is 10.1. The minimum absolute atomic E-state index is 0.224. The maximum absolute atomic E-state index is 13.6. The van der Waals surface area contributed by atoms with Crippen LogP contribution in [-0.2, 0) is 6.42 Å². The highest BCUT2D eigenvalue weighted by molar-refractivity contribution is 6.03. The van der Waals surface area contributed by atoms with Crippen molar-refractivity contribution in [2.45, 2.75) is 13.3 Å². The number of anilines is 2. The molecule has 3 rings (SSSR count). The van der Waals surface area contributed by atoms with Crippen LogP contribution in [0.3, 0.4) is 0 Å². The molecule has 132 valence electrons. The van der Waals surface area contributed by atoms with Gasteiger partial charge < -0.3 is 10.6 Å². The van der Waals surface area contributed by atoms with Crippen LogP contribution in [-0.4, -0.2) is 22.4 Å². The van der Waals surface area contributed by atoms with Gasteiger partial charge in [0, 0.05) is 24.6 Å². The Bertz CT molecular complexity index is 879. The molecule has 0 spiro atoms. The van der Waals surface area contributed by atoms with E-state index in [2.05, 4.69) is 20.6 Å². The maximum Gasteiger partial charge on any atom is 0.258 e. The first-order valence-corrected chi connectivity index (χ1v) is 8.29. The van der Waals surface area contributed by atoms with Gasteiger partial charge in [-0.15, -0.1) is 0 Å². The average molecular weight is 350 g/mol. The molecule has 0 saturated carbocycles. The van der Waals surface area contributed by atoms with Gasteiger partial charge in [-0.2, -0.15) is 0 Å². The second-order valence-electron chi connectivity index (χ2n) is 5.88. The second kappa shape index (κ2) is 8.20. The van der Waals surface area contributed by atoms with Crippen molar-refractivity contribution in [1.29, 1.82) is 0 Å². The summed E-state index contributed by atoms with van der Waals surface area (Å²) in [5.41, 5.74) is 2.84. The third-order valence-electron chi connectivity index (χ3n) is 3.86. The lowest BCUT2D eigenvalue weighted by Gasteiger charge is -2.07. The van der Waals surface area contributed by atoms with Gasteiger partial charge in [0.1, 0.15) is 5.82 Å². The smallest absolute Gasteiger partial charge is 0.258 e. The van der Waals surface area contributed by atoms with Crippen LogP contribution in [0.15, 0.2) is 60.9 Å². The lowest BCUT2D eigenvalue weighted by Crippen LogP contribution is -2.14. The minimum Gasteiger partial charge on any atom is -0.354 e. The average Bonchev–Trinajstić information content (AvgIpc) is 2.66. The molecule has 0 radical (unpaired) electrons. The van der Waals surface area contributed by atoms with Crippen molar-refractivity contribution in [3.8, 4) is 0 Å². The van der Waals surface area contributed by atoms with Gasteiger partial charge in [0.2, 0.25) is 5.95 Å². The molecule has 1 amide bonds. The predicted molar refractivity (Wildman–Crippen MR) is 99.8 cm³/mol. The van der Waals surface area contributed by atoms with Gasteiger partial charge in [-0.05, 0) is 37.1 Å². The largest absolute Gasteiger partial charge is 0.354 e. The molecule has 1 aromatic heterocycles. The van der Waals surface area contributed by atoms with E-state index in [0.29, 0.717) is 35.7 Å². The fraction of sp³-hybridized carbons (Fsp3) is 0.150. The minimum atomic E-state index is -0.272. The molecule has 3 aromatic rings. The summed E-state index contributed by atoms with van der Waals surface area (Å²) in [5.74, 6) is -0.0988. The number of hydrogen-bond donors (Lipinski definition) is 2. The van der Waals surface area contributed by atoms with Crippen LogP contribution in [0, 0.1) is 12.7 Å². The number of rotatable bonds is 6. The monoisotopic (exact) mass is 350 g/mol. The van der Waals surface area contributed by atoms with Crippen LogP contribution >= 0.6 is 0 Å². The van der Waals surface area contributed by atoms with E-state index in [9.17, 15) is 9.18 Å². The highest BCUT2D eigenvalue weighted by atomic mass is 19.1. The standard InChI is InChI=1S/C20H19FN4O/c1-14-6-8-17(9-7-14)25-19(26)16-12-23-20(24-13-16)22-11-10-15-4-2-3-5-18(15)21/h2-9,12-13H,10-11H2,1H3,(H,25,26)(H,22,23,24). The molecule has 0 fully saturated rings. The number of aromatic nitrogens is 2. The highest BCUT2D eigenvalue weighted by Gasteiger charge is 2.08. The number of nitrogens with one attached hydrogen (secondary N) is 2. The van der Waals surface area contributed by atoms with Gasteiger partial charge in [-0.1, -0.05) is 35.9 Å². The third-order valence-corrected chi connectivity index (χ3v) is 3.86. The molecule has 0 saturated heterocycles. The fourth-order valence-corrected chi connectivity index (χ4v) is 2.39. The lowest BCUT2D eigenvalue weighted by molar-refractivity contribution is 0.102. The van der Waals surface area contributed by atoms with E-state index in [4.69, 9.17) is 0 Å². The summed E-state index contributed by atoms with van der Waals surface area (Å²) < 4.78 is 13.6. The van der Waals surface area contributed by atoms with Crippen molar-refractivity contribution in [3.63, 3.8) is 0 Å². The van der Waals surface area contributed by atoms with Crippen LogP contribution in [0.4, 0.5) is 16.0 Å². The molecule has 0 aliphatic heterocycles. The number of aryl methyl sites for hydroxylation is 1. The van der Waals surface area contributed by atoms with E-state index < -0.39 is 0 Å². The Morgan fingerprint density at radius 1 is 1.04 bits per heavy atom. The molecule has 0 aliphatic carbocycles. The van der Waals surface area contributed by atoms with E-state index in [1.807, 2.05) is 31.2 Å². The Kier molecular flexibility index (Phi) is 5.53. The predicted octanol–water partition coefficient (Wildman–Crippen LogP) is 3.83. The van der Waals surface area contributed by atoms with Crippen LogP contribution in [0.5, 0.6) is 0 Å². The molecule has 5 nitrogen and oxygen atoms in total. The molecule has 0 unspecified atom stereocenters. The van der Waals surface area contributed by atoms with Gasteiger partial charge in [0.15, 0.2) is 0 Å². The van der Waals surface area contributed by atoms with Gasteiger partial charge >= 0.3 is 0 Å². The molecule has 0 aliphatic rings. The maximum atomic E-state index is 13.6. The summed E-state index contributed by atoms with van der Waals surface area (Å²) >= 11 is 0. The third kappa shape index (κ3) is 4.63. The first-order chi connectivity index (χ1) is 12.6. The second-order valence-corrected chi connectivity index (χ2v) is 5.88. The molecular weight excluding hydrogens is 331 g/mol. The Labute approximate surface area is 151 Å². The number of carbonyl (C=O) groups is 1. The van der Waals surface area contributed by atoms with Gasteiger partial charge in [-0.3, -0.25) is 4.79 Å². The van der Waals surface area contributed by atoms with Gasteiger partial charge in [0.25, 0.3) is 5.91 Å². The number of halogens is 1. The van der Waals surface area contributed by atoms with E-state index in [0.717, 1.165) is 5.56 Å². The molecule has 26 heavy (non-hydrogen) atoms. The quantitative estimate of drug-likeness (QED) is 0.709. The number of carbonyl (C=O) groups excluding carboxylic acids is 1. The molecule has 0 atom stereocenters. The zero-order valence-electron chi connectivity index (χ0n) is 14.4. The van der Waals surface area contributed by atoms with Crippen LogP contribution in [0.25, 0.3) is 0 Å². The summed E-state index contributed by atoms with van der Waals surface area (Å²) in [4.78, 5) is 20.5. The Balaban J connectivity index is 1.53. The first-order valence-electron chi connectivity index (χ1n) is 8.29. The van der Waals surface area contributed by atoms with E-state index >= 15 is 0 Å². The van der Waals surface area contributed by atoms with Gasteiger partial charge in [-0.25, -0.2) is 14.4 Å². The SMILES string of the molecule is Cc1ccc(NC(=O)c2cnc(NCCc3ccccc3F)nc2)cc1. The van der Waals surface area contributed by atoms with Gasteiger partial charge in [0.05, 0.1) is 5.56 Å². The summed E-state index contributed by atoms with van der Waals surface area (Å²) in [6.07, 6.45) is 3.44. The highest BCUT2D eigenvalue weighted by Crippen LogP contribution is 2.11. The summed E-state index contributed by atoms with van der Waals surface area (Å²) in [5, 5.41) is 5.82. The first kappa shape index (κ1) is 17.5. The van der Waals surface area contributed by atoms with Crippen LogP contribution in [0.2, 0.25) is 0 Å². The van der Waals surface area contributed by atoms with E-state index in [1.54, 1.807) is 18.2 Å². The van der Waals surface area contributed by atoms with E-state index in [-0.39, 0.29) is 11.7 Å². The van der Waals surface area contributed by atoms with Crippen molar-refractivity contribution >= 4 is 17.5 Å². The number of benzene rings is 2. The normalized spacial score (nSPS) is 10.4. The topological polar surface area (TPSA) is 66.9 Å². The van der Waals surface area contributed by atoms with Crippen LogP contribution < -0.4 is 10.6 Å². The summed E-state index contributed by atoms with van der Waals surface area (Å²) in [6, 6.07) is 14.2. The zero-order valence-corrected chi connectivity index (χ0v) is 14.4. The fourth-order valence-electron chi connectivity index (χ4n) is 2.39.